The van der Waals surface area contributed by atoms with Crippen LogP contribution in [-0.4, -0.2) is 15.2 Å². The highest BCUT2D eigenvalue weighted by molar-refractivity contribution is 5.06. The summed E-state index contributed by atoms with van der Waals surface area (Å²) in [6.45, 7) is 0. The molecule has 0 amide bonds. The van der Waals surface area contributed by atoms with E-state index in [9.17, 15) is 0 Å². The highest BCUT2D eigenvalue weighted by Gasteiger charge is 2.50. The van der Waals surface area contributed by atoms with Gasteiger partial charge in [-0.1, -0.05) is 0 Å². The van der Waals surface area contributed by atoms with E-state index in [-0.39, 0.29) is 0 Å². The molecule has 0 aliphatic heterocycles. The van der Waals surface area contributed by atoms with Gasteiger partial charge in [0.2, 0.25) is 0 Å². The maximum atomic E-state index is 8.69. The Morgan fingerprint density at radius 3 is 2.37 bits per heavy atom. The van der Waals surface area contributed by atoms with Crippen molar-refractivity contribution >= 4 is 0 Å². The van der Waals surface area contributed by atoms with Crippen molar-refractivity contribution in [1.29, 1.82) is 5.26 Å². The maximum absolute atomic E-state index is 8.69. The molecule has 1 aromatic rings. The zero-order chi connectivity index (χ0) is 12.9. The van der Waals surface area contributed by atoms with Gasteiger partial charge in [-0.15, -0.1) is 0 Å². The first kappa shape index (κ1) is 11.5. The van der Waals surface area contributed by atoms with Crippen LogP contribution in [0.3, 0.4) is 0 Å². The third-order valence-electron chi connectivity index (χ3n) is 5.52. The van der Waals surface area contributed by atoms with Crippen molar-refractivity contribution < 1.29 is 0 Å². The summed E-state index contributed by atoms with van der Waals surface area (Å²) < 4.78 is 0. The minimum atomic E-state index is 0.317. The number of nitriles is 1. The second-order valence-electron chi connectivity index (χ2n) is 7.13. The second kappa shape index (κ2) is 4.06. The van der Waals surface area contributed by atoms with Gasteiger partial charge in [-0.25, -0.2) is 4.98 Å². The molecule has 1 aromatic heterocycles. The van der Waals surface area contributed by atoms with Crippen LogP contribution in [0.1, 0.15) is 50.2 Å². The smallest absolute Gasteiger partial charge is 0.164 e. The van der Waals surface area contributed by atoms with Gasteiger partial charge in [0.25, 0.3) is 0 Å². The lowest BCUT2D eigenvalue weighted by Crippen LogP contribution is -2.47. The summed E-state index contributed by atoms with van der Waals surface area (Å²) in [4.78, 5) is 4.49. The Kier molecular flexibility index (Phi) is 2.45. The topological polar surface area (TPSA) is 65.4 Å². The molecular formula is C15H20N4. The van der Waals surface area contributed by atoms with E-state index in [1.165, 1.54) is 38.5 Å². The monoisotopic (exact) mass is 256 g/mol. The highest BCUT2D eigenvalue weighted by atomic mass is 15.2. The van der Waals surface area contributed by atoms with Crippen LogP contribution in [0.15, 0.2) is 0 Å². The van der Waals surface area contributed by atoms with Crippen LogP contribution >= 0.6 is 0 Å². The summed E-state index contributed by atoms with van der Waals surface area (Å²) >= 11 is 0. The Hall–Kier alpha value is -1.37. The van der Waals surface area contributed by atoms with Crippen LogP contribution in [0.2, 0.25) is 0 Å². The summed E-state index contributed by atoms with van der Waals surface area (Å²) in [6, 6.07) is 2.11. The van der Waals surface area contributed by atoms with Gasteiger partial charge in [-0.2, -0.15) is 10.4 Å². The predicted octanol–water partition coefficient (Wildman–Crippen LogP) is 2.63. The van der Waals surface area contributed by atoms with Crippen molar-refractivity contribution in [3.05, 3.63) is 11.6 Å². The molecule has 19 heavy (non-hydrogen) atoms. The fraction of sp³-hybridized carbons (Fsp3) is 0.800. The Labute approximate surface area is 113 Å². The molecule has 1 N–H and O–H groups in total. The first-order chi connectivity index (χ1) is 9.25. The number of nitrogens with one attached hydrogen (secondary N) is 1. The Balaban J connectivity index is 1.54. The number of rotatable bonds is 3. The summed E-state index contributed by atoms with van der Waals surface area (Å²) in [5.41, 5.74) is 0.498. The molecule has 4 fully saturated rings. The third-order valence-corrected chi connectivity index (χ3v) is 5.52. The van der Waals surface area contributed by atoms with Crippen molar-refractivity contribution in [2.24, 2.45) is 23.2 Å². The minimum Gasteiger partial charge on any atom is -0.263 e. The van der Waals surface area contributed by atoms with E-state index in [1.807, 2.05) is 0 Å². The van der Waals surface area contributed by atoms with Crippen LogP contribution in [-0.2, 0) is 12.8 Å². The van der Waals surface area contributed by atoms with Crippen LogP contribution in [0.25, 0.3) is 0 Å². The maximum Gasteiger partial charge on any atom is 0.164 e. The number of H-pyrrole nitrogens is 1. The average molecular weight is 256 g/mol. The van der Waals surface area contributed by atoms with Gasteiger partial charge in [0, 0.05) is 6.42 Å². The number of nitrogens with zero attached hydrogens (tertiary/aromatic N) is 3. The van der Waals surface area contributed by atoms with Crippen molar-refractivity contribution in [3.63, 3.8) is 0 Å². The fourth-order valence-electron chi connectivity index (χ4n) is 5.43. The van der Waals surface area contributed by atoms with Crippen LogP contribution in [0.4, 0.5) is 0 Å². The largest absolute Gasteiger partial charge is 0.263 e. The van der Waals surface area contributed by atoms with Gasteiger partial charge in [0.1, 0.15) is 5.82 Å². The molecule has 0 atom stereocenters. The van der Waals surface area contributed by atoms with Crippen LogP contribution in [0, 0.1) is 34.5 Å². The van der Waals surface area contributed by atoms with Gasteiger partial charge in [-0.05, 0) is 61.7 Å². The predicted molar refractivity (Wildman–Crippen MR) is 70.0 cm³/mol. The second-order valence-corrected chi connectivity index (χ2v) is 7.13. The summed E-state index contributed by atoms with van der Waals surface area (Å²) in [7, 11) is 0. The SMILES string of the molecule is N#CCc1n[nH]c(CC23CC4CC(CC(C4)C2)C3)n1. The number of aromatic amines is 1. The molecule has 4 bridgehead atoms. The van der Waals surface area contributed by atoms with Gasteiger partial charge >= 0.3 is 0 Å². The Bertz CT molecular complexity index is 489. The van der Waals surface area contributed by atoms with E-state index in [0.717, 1.165) is 30.0 Å². The molecule has 4 saturated carbocycles. The molecule has 4 heteroatoms. The fourth-order valence-corrected chi connectivity index (χ4v) is 5.43. The number of hydrogen-bond donors (Lipinski definition) is 1. The van der Waals surface area contributed by atoms with E-state index in [1.54, 1.807) is 0 Å². The lowest BCUT2D eigenvalue weighted by molar-refractivity contribution is -0.0531. The summed E-state index contributed by atoms with van der Waals surface area (Å²) in [5, 5.41) is 15.9. The third kappa shape index (κ3) is 1.96. The summed E-state index contributed by atoms with van der Waals surface area (Å²) in [6.07, 6.45) is 10.0. The molecule has 4 nitrogen and oxygen atoms in total. The molecule has 0 aromatic carbocycles. The van der Waals surface area contributed by atoms with Crippen molar-refractivity contribution in [3.8, 4) is 6.07 Å². The van der Waals surface area contributed by atoms with Crippen molar-refractivity contribution in [1.82, 2.24) is 15.2 Å². The Morgan fingerprint density at radius 2 is 1.79 bits per heavy atom. The average Bonchev–Trinajstić information content (AvgIpc) is 2.74. The molecule has 0 radical (unpaired) electrons. The first-order valence-corrected chi connectivity index (χ1v) is 7.52. The van der Waals surface area contributed by atoms with Crippen LogP contribution in [0.5, 0.6) is 0 Å². The molecule has 4 aliphatic carbocycles. The number of aromatic nitrogens is 3. The number of hydrogen-bond acceptors (Lipinski definition) is 3. The van der Waals surface area contributed by atoms with E-state index in [2.05, 4.69) is 21.3 Å². The van der Waals surface area contributed by atoms with E-state index < -0.39 is 0 Å². The van der Waals surface area contributed by atoms with Gasteiger partial charge in [0.05, 0.1) is 12.5 Å². The molecule has 5 rings (SSSR count). The van der Waals surface area contributed by atoms with E-state index in [4.69, 9.17) is 5.26 Å². The molecule has 0 unspecified atom stereocenters. The van der Waals surface area contributed by atoms with Crippen molar-refractivity contribution in [2.75, 3.05) is 0 Å². The van der Waals surface area contributed by atoms with Gasteiger partial charge in [0.15, 0.2) is 5.82 Å². The van der Waals surface area contributed by atoms with E-state index >= 15 is 0 Å². The van der Waals surface area contributed by atoms with E-state index in [0.29, 0.717) is 17.7 Å². The molecule has 100 valence electrons. The molecule has 0 spiro atoms. The standard InChI is InChI=1S/C15H20N4/c16-2-1-13-17-14(19-18-13)9-15-6-10-3-11(7-15)5-12(4-10)8-15/h10-12H,1,3-9H2,(H,17,18,19). The highest BCUT2D eigenvalue weighted by Crippen LogP contribution is 2.60. The molecular weight excluding hydrogens is 236 g/mol. The molecule has 1 heterocycles. The minimum absolute atomic E-state index is 0.317. The lowest BCUT2D eigenvalue weighted by atomic mass is 9.49. The first-order valence-electron chi connectivity index (χ1n) is 7.52. The summed E-state index contributed by atoms with van der Waals surface area (Å²) in [5.74, 6) is 4.60. The lowest BCUT2D eigenvalue weighted by Gasteiger charge is -2.56. The van der Waals surface area contributed by atoms with Crippen molar-refractivity contribution in [2.45, 2.75) is 51.4 Å². The molecule has 0 saturated heterocycles. The zero-order valence-electron chi connectivity index (χ0n) is 11.2. The Morgan fingerprint density at radius 1 is 1.16 bits per heavy atom. The molecule has 4 aliphatic rings. The quantitative estimate of drug-likeness (QED) is 0.904. The van der Waals surface area contributed by atoms with Gasteiger partial charge in [-0.3, -0.25) is 5.10 Å². The normalized spacial score (nSPS) is 39.4. The van der Waals surface area contributed by atoms with Crippen LogP contribution < -0.4 is 0 Å². The van der Waals surface area contributed by atoms with Gasteiger partial charge < -0.3 is 0 Å². The zero-order valence-corrected chi connectivity index (χ0v) is 11.2.